The van der Waals surface area contributed by atoms with Gasteiger partial charge in [-0.2, -0.15) is 25.3 Å². The van der Waals surface area contributed by atoms with Crippen molar-refractivity contribution in [2.75, 3.05) is 5.75 Å². The quantitative estimate of drug-likeness (QED) is 0.304. The molecule has 4 nitrogen and oxygen atoms in total. The van der Waals surface area contributed by atoms with Gasteiger partial charge in [-0.25, -0.2) is 0 Å². The standard InChI is InChI=1S/C14H24N2O2S2/c1-9-6-12(18)4-5-13(9)16-14(3,20)10(2)15-11(7-17)8-19/h7,9,11,13,16,19-20H,4-6,8H2,1-3H3/t9?,11?,13-,14?/m1/s1. The number of rotatable bonds is 6. The highest BCUT2D eigenvalue weighted by Crippen LogP contribution is 2.25. The van der Waals surface area contributed by atoms with Gasteiger partial charge in [-0.3, -0.25) is 15.1 Å². The van der Waals surface area contributed by atoms with E-state index in [9.17, 15) is 9.59 Å². The van der Waals surface area contributed by atoms with Crippen molar-refractivity contribution >= 4 is 43.0 Å². The van der Waals surface area contributed by atoms with Crippen LogP contribution >= 0.6 is 25.3 Å². The van der Waals surface area contributed by atoms with Crippen LogP contribution in [0.15, 0.2) is 4.99 Å². The van der Waals surface area contributed by atoms with E-state index in [-0.39, 0.29) is 6.04 Å². The normalized spacial score (nSPS) is 28.9. The maximum Gasteiger partial charge on any atom is 0.145 e. The van der Waals surface area contributed by atoms with Crippen molar-refractivity contribution in [1.29, 1.82) is 0 Å². The molecule has 1 N–H and O–H groups in total. The molecule has 0 spiro atoms. The van der Waals surface area contributed by atoms with E-state index in [4.69, 9.17) is 0 Å². The minimum Gasteiger partial charge on any atom is -0.301 e. The minimum absolute atomic E-state index is 0.242. The second-order valence-corrected chi connectivity index (χ2v) is 6.94. The maximum absolute atomic E-state index is 11.4. The van der Waals surface area contributed by atoms with Crippen molar-refractivity contribution < 1.29 is 9.59 Å². The van der Waals surface area contributed by atoms with Crippen LogP contribution in [-0.2, 0) is 9.59 Å². The molecule has 20 heavy (non-hydrogen) atoms. The predicted molar refractivity (Wildman–Crippen MR) is 89.2 cm³/mol. The molecule has 1 rings (SSSR count). The molecule has 0 aliphatic heterocycles. The van der Waals surface area contributed by atoms with Crippen LogP contribution < -0.4 is 5.32 Å². The van der Waals surface area contributed by atoms with Gasteiger partial charge in [0.2, 0.25) is 0 Å². The first-order valence-corrected chi connectivity index (χ1v) is 8.01. The molecule has 0 aromatic carbocycles. The molecular formula is C14H24N2O2S2. The summed E-state index contributed by atoms with van der Waals surface area (Å²) in [6.07, 6.45) is 2.86. The fourth-order valence-electron chi connectivity index (χ4n) is 2.37. The number of hydrogen-bond acceptors (Lipinski definition) is 6. The topological polar surface area (TPSA) is 58.5 Å². The number of ketones is 1. The van der Waals surface area contributed by atoms with Gasteiger partial charge in [0.05, 0.1) is 4.87 Å². The molecule has 6 heteroatoms. The molecule has 1 saturated carbocycles. The molecule has 1 aliphatic rings. The predicted octanol–water partition coefficient (Wildman–Crippen LogP) is 1.94. The Morgan fingerprint density at radius 3 is 2.80 bits per heavy atom. The van der Waals surface area contributed by atoms with E-state index in [1.807, 2.05) is 13.8 Å². The zero-order chi connectivity index (χ0) is 15.3. The summed E-state index contributed by atoms with van der Waals surface area (Å²) < 4.78 is 0. The Morgan fingerprint density at radius 1 is 1.65 bits per heavy atom. The summed E-state index contributed by atoms with van der Waals surface area (Å²) >= 11 is 8.74. The second kappa shape index (κ2) is 7.61. The summed E-state index contributed by atoms with van der Waals surface area (Å²) in [5, 5.41) is 3.46. The summed E-state index contributed by atoms with van der Waals surface area (Å²) in [7, 11) is 0. The van der Waals surface area contributed by atoms with E-state index in [0.29, 0.717) is 30.3 Å². The number of Topliss-reactive ketones (excluding diaryl/α,β-unsaturated/α-hetero) is 1. The van der Waals surface area contributed by atoms with E-state index in [1.54, 1.807) is 0 Å². The molecule has 114 valence electrons. The molecule has 3 unspecified atom stereocenters. The average molecular weight is 316 g/mol. The second-order valence-electron chi connectivity index (χ2n) is 5.68. The third kappa shape index (κ3) is 4.90. The number of nitrogens with one attached hydrogen (secondary N) is 1. The number of nitrogens with zero attached hydrogens (tertiary/aromatic N) is 1. The molecule has 0 heterocycles. The molecule has 1 aliphatic carbocycles. The molecule has 0 amide bonds. The van der Waals surface area contributed by atoms with Crippen molar-refractivity contribution in [2.45, 2.75) is 57.0 Å². The Kier molecular flexibility index (Phi) is 6.75. The van der Waals surface area contributed by atoms with Crippen molar-refractivity contribution in [3.05, 3.63) is 0 Å². The number of aliphatic imine (C=N–C) groups is 1. The fraction of sp³-hybridized carbons (Fsp3) is 0.786. The van der Waals surface area contributed by atoms with Gasteiger partial charge in [0.15, 0.2) is 0 Å². The minimum atomic E-state index is -0.594. The lowest BCUT2D eigenvalue weighted by Crippen LogP contribution is -2.53. The van der Waals surface area contributed by atoms with Gasteiger partial charge in [-0.15, -0.1) is 0 Å². The van der Waals surface area contributed by atoms with Crippen LogP contribution in [0.1, 0.15) is 40.0 Å². The molecule has 1 fully saturated rings. The third-order valence-corrected chi connectivity index (χ3v) is 4.67. The van der Waals surface area contributed by atoms with Crippen molar-refractivity contribution in [3.63, 3.8) is 0 Å². The first kappa shape index (κ1) is 17.7. The Bertz CT molecular complexity index is 397. The molecular weight excluding hydrogens is 292 g/mol. The van der Waals surface area contributed by atoms with E-state index < -0.39 is 10.9 Å². The lowest BCUT2D eigenvalue weighted by atomic mass is 9.84. The lowest BCUT2D eigenvalue weighted by molar-refractivity contribution is -0.121. The van der Waals surface area contributed by atoms with Crippen LogP contribution in [0.25, 0.3) is 0 Å². The largest absolute Gasteiger partial charge is 0.301 e. The molecule has 0 saturated heterocycles. The molecule has 0 bridgehead atoms. The van der Waals surface area contributed by atoms with Crippen molar-refractivity contribution in [2.24, 2.45) is 10.9 Å². The van der Waals surface area contributed by atoms with Crippen LogP contribution in [0.4, 0.5) is 0 Å². The van der Waals surface area contributed by atoms with E-state index >= 15 is 0 Å². The van der Waals surface area contributed by atoms with Gasteiger partial charge >= 0.3 is 0 Å². The lowest BCUT2D eigenvalue weighted by Gasteiger charge is -2.36. The van der Waals surface area contributed by atoms with Gasteiger partial charge in [-0.1, -0.05) is 6.92 Å². The van der Waals surface area contributed by atoms with Gasteiger partial charge in [0, 0.05) is 30.3 Å². The maximum atomic E-state index is 11.4. The summed E-state index contributed by atoms with van der Waals surface area (Å²) in [6.45, 7) is 5.87. The highest BCUT2D eigenvalue weighted by Gasteiger charge is 2.32. The number of carbonyl (C=O) groups is 2. The van der Waals surface area contributed by atoms with Crippen LogP contribution in [0.5, 0.6) is 0 Å². The van der Waals surface area contributed by atoms with Gasteiger partial charge in [0.25, 0.3) is 0 Å². The summed E-state index contributed by atoms with van der Waals surface area (Å²) in [4.78, 5) is 26.0. The van der Waals surface area contributed by atoms with Crippen LogP contribution in [0, 0.1) is 5.92 Å². The molecule has 0 aromatic heterocycles. The van der Waals surface area contributed by atoms with Gasteiger partial charge in [-0.05, 0) is 26.2 Å². The summed E-state index contributed by atoms with van der Waals surface area (Å²) in [5.74, 6) is 1.01. The zero-order valence-corrected chi connectivity index (χ0v) is 14.1. The Balaban J connectivity index is 2.73. The Hall–Kier alpha value is -0.330. The highest BCUT2D eigenvalue weighted by molar-refractivity contribution is 7.82. The van der Waals surface area contributed by atoms with Gasteiger partial charge < -0.3 is 4.79 Å². The number of hydrogen-bond donors (Lipinski definition) is 3. The molecule has 4 atom stereocenters. The third-order valence-electron chi connectivity index (χ3n) is 3.85. The summed E-state index contributed by atoms with van der Waals surface area (Å²) in [5.41, 5.74) is 0.760. The monoisotopic (exact) mass is 316 g/mol. The Morgan fingerprint density at radius 2 is 2.30 bits per heavy atom. The molecule has 0 radical (unpaired) electrons. The van der Waals surface area contributed by atoms with E-state index in [1.165, 1.54) is 0 Å². The first-order valence-electron chi connectivity index (χ1n) is 6.93. The SMILES string of the molecule is CC(=NC(C=O)CS)C(C)(S)N[C@@H]1CCC(=O)CC1C. The van der Waals surface area contributed by atoms with E-state index in [2.05, 4.69) is 42.5 Å². The number of carbonyl (C=O) groups excluding carboxylic acids is 2. The van der Waals surface area contributed by atoms with Crippen LogP contribution in [-0.4, -0.2) is 40.5 Å². The summed E-state index contributed by atoms with van der Waals surface area (Å²) in [6, 6.07) is -0.192. The smallest absolute Gasteiger partial charge is 0.145 e. The number of aldehydes is 1. The first-order chi connectivity index (χ1) is 9.30. The van der Waals surface area contributed by atoms with Crippen molar-refractivity contribution in [1.82, 2.24) is 5.32 Å². The Labute approximate surface area is 132 Å². The number of thiol groups is 2. The average Bonchev–Trinajstić information content (AvgIpc) is 2.38. The highest BCUT2D eigenvalue weighted by atomic mass is 32.1. The zero-order valence-electron chi connectivity index (χ0n) is 12.3. The molecule has 0 aromatic rings. The van der Waals surface area contributed by atoms with Gasteiger partial charge in [0.1, 0.15) is 18.1 Å². The van der Waals surface area contributed by atoms with Crippen molar-refractivity contribution in [3.8, 4) is 0 Å². The fourth-order valence-corrected chi connectivity index (χ4v) is 2.76. The van der Waals surface area contributed by atoms with Crippen LogP contribution in [0.2, 0.25) is 0 Å². The van der Waals surface area contributed by atoms with Crippen LogP contribution in [0.3, 0.4) is 0 Å². The van der Waals surface area contributed by atoms with E-state index in [0.717, 1.165) is 18.4 Å².